The Balaban J connectivity index is 1.78. The number of carbonyl (C=O) groups is 2. The van der Waals surface area contributed by atoms with E-state index in [-0.39, 0.29) is 24.1 Å². The Morgan fingerprint density at radius 1 is 1.38 bits per heavy atom. The molecule has 6 heteroatoms. The SMILES string of the molecule is CC1(CC2CO2)C(=O)NC(=O)N1CC1CO1. The molecule has 3 aliphatic heterocycles. The highest BCUT2D eigenvalue weighted by molar-refractivity contribution is 6.06. The number of amides is 3. The molecule has 3 heterocycles. The molecule has 3 unspecified atom stereocenters. The lowest BCUT2D eigenvalue weighted by molar-refractivity contribution is -0.126. The van der Waals surface area contributed by atoms with Crippen LogP contribution in [0.4, 0.5) is 4.79 Å². The Labute approximate surface area is 92.9 Å². The summed E-state index contributed by atoms with van der Waals surface area (Å²) in [4.78, 5) is 25.1. The fraction of sp³-hybridized carbons (Fsp3) is 0.800. The van der Waals surface area contributed by atoms with Crippen molar-refractivity contribution in [2.45, 2.75) is 31.1 Å². The van der Waals surface area contributed by atoms with E-state index in [4.69, 9.17) is 9.47 Å². The predicted octanol–water partition coefficient (Wildman–Crippen LogP) is -0.515. The molecule has 3 amide bonds. The van der Waals surface area contributed by atoms with Crippen LogP contribution in [0.1, 0.15) is 13.3 Å². The molecule has 3 atom stereocenters. The fourth-order valence-corrected chi connectivity index (χ4v) is 2.14. The Morgan fingerprint density at radius 3 is 2.56 bits per heavy atom. The molecule has 0 aliphatic carbocycles. The molecular formula is C10H14N2O4. The minimum Gasteiger partial charge on any atom is -0.373 e. The molecule has 0 aromatic heterocycles. The number of carbonyl (C=O) groups excluding carboxylic acids is 2. The molecule has 0 saturated carbocycles. The molecule has 3 fully saturated rings. The lowest BCUT2D eigenvalue weighted by Crippen LogP contribution is -2.49. The maximum absolute atomic E-state index is 11.8. The highest BCUT2D eigenvalue weighted by Crippen LogP contribution is 2.32. The summed E-state index contributed by atoms with van der Waals surface area (Å²) < 4.78 is 10.2. The number of imide groups is 1. The third kappa shape index (κ3) is 1.58. The molecule has 88 valence electrons. The monoisotopic (exact) mass is 226 g/mol. The molecule has 0 aromatic carbocycles. The molecule has 3 aliphatic rings. The van der Waals surface area contributed by atoms with Gasteiger partial charge >= 0.3 is 6.03 Å². The largest absolute Gasteiger partial charge is 0.373 e. The van der Waals surface area contributed by atoms with Crippen LogP contribution in [0.15, 0.2) is 0 Å². The van der Waals surface area contributed by atoms with Gasteiger partial charge in [-0.15, -0.1) is 0 Å². The van der Waals surface area contributed by atoms with Crippen molar-refractivity contribution < 1.29 is 19.1 Å². The van der Waals surface area contributed by atoms with Crippen LogP contribution in [-0.4, -0.2) is 54.3 Å². The smallest absolute Gasteiger partial charge is 0.325 e. The molecule has 0 aromatic rings. The second kappa shape index (κ2) is 3.18. The van der Waals surface area contributed by atoms with E-state index in [9.17, 15) is 9.59 Å². The summed E-state index contributed by atoms with van der Waals surface area (Å²) in [5.74, 6) is -0.228. The quantitative estimate of drug-likeness (QED) is 0.517. The second-order valence-corrected chi connectivity index (χ2v) is 4.76. The van der Waals surface area contributed by atoms with E-state index in [1.54, 1.807) is 11.8 Å². The second-order valence-electron chi connectivity index (χ2n) is 4.76. The highest BCUT2D eigenvalue weighted by Gasteiger charge is 2.53. The maximum Gasteiger partial charge on any atom is 0.325 e. The highest BCUT2D eigenvalue weighted by atomic mass is 16.6. The first-order chi connectivity index (χ1) is 7.59. The zero-order valence-electron chi connectivity index (χ0n) is 9.06. The number of urea groups is 1. The summed E-state index contributed by atoms with van der Waals surface area (Å²) in [6.45, 7) is 3.64. The van der Waals surface area contributed by atoms with Crippen molar-refractivity contribution in [3.8, 4) is 0 Å². The Bertz CT molecular complexity index is 351. The minimum atomic E-state index is -0.774. The van der Waals surface area contributed by atoms with Crippen LogP contribution in [0.25, 0.3) is 0 Å². The van der Waals surface area contributed by atoms with Crippen molar-refractivity contribution in [1.29, 1.82) is 0 Å². The number of ether oxygens (including phenoxy) is 2. The molecule has 0 bridgehead atoms. The number of hydrogen-bond acceptors (Lipinski definition) is 4. The van der Waals surface area contributed by atoms with Crippen molar-refractivity contribution in [3.63, 3.8) is 0 Å². The van der Waals surface area contributed by atoms with E-state index in [2.05, 4.69) is 5.32 Å². The van der Waals surface area contributed by atoms with E-state index in [1.807, 2.05) is 0 Å². The van der Waals surface area contributed by atoms with Gasteiger partial charge in [0.2, 0.25) is 0 Å². The standard InChI is InChI=1S/C10H14N2O4/c1-10(2-6-4-15-6)8(13)11-9(14)12(10)3-7-5-16-7/h6-7H,2-5H2,1H3,(H,11,13,14). The van der Waals surface area contributed by atoms with Crippen molar-refractivity contribution in [2.24, 2.45) is 0 Å². The lowest BCUT2D eigenvalue weighted by Gasteiger charge is -2.30. The maximum atomic E-state index is 11.8. The van der Waals surface area contributed by atoms with Gasteiger partial charge in [0.1, 0.15) is 5.54 Å². The number of nitrogens with one attached hydrogen (secondary N) is 1. The Kier molecular flexibility index (Phi) is 1.99. The van der Waals surface area contributed by atoms with Gasteiger partial charge in [-0.1, -0.05) is 0 Å². The van der Waals surface area contributed by atoms with Crippen molar-refractivity contribution in [3.05, 3.63) is 0 Å². The molecule has 1 N–H and O–H groups in total. The van der Waals surface area contributed by atoms with Crippen LogP contribution in [0.5, 0.6) is 0 Å². The van der Waals surface area contributed by atoms with Crippen molar-refractivity contribution >= 4 is 11.9 Å². The number of hydrogen-bond donors (Lipinski definition) is 1. The van der Waals surface area contributed by atoms with Crippen LogP contribution in [-0.2, 0) is 14.3 Å². The van der Waals surface area contributed by atoms with Crippen molar-refractivity contribution in [2.75, 3.05) is 19.8 Å². The number of rotatable bonds is 4. The molecular weight excluding hydrogens is 212 g/mol. The van der Waals surface area contributed by atoms with Crippen LogP contribution in [0, 0.1) is 0 Å². The summed E-state index contributed by atoms with van der Waals surface area (Å²) in [5.41, 5.74) is -0.774. The first kappa shape index (κ1) is 10.0. The topological polar surface area (TPSA) is 74.5 Å². The zero-order chi connectivity index (χ0) is 11.3. The zero-order valence-corrected chi connectivity index (χ0v) is 9.06. The summed E-state index contributed by atoms with van der Waals surface area (Å²) >= 11 is 0. The third-order valence-electron chi connectivity index (χ3n) is 3.37. The Morgan fingerprint density at radius 2 is 2.00 bits per heavy atom. The molecule has 0 spiro atoms. The van der Waals surface area contributed by atoms with Crippen LogP contribution in [0.3, 0.4) is 0 Å². The number of nitrogens with zero attached hydrogens (tertiary/aromatic N) is 1. The fourth-order valence-electron chi connectivity index (χ4n) is 2.14. The van der Waals surface area contributed by atoms with E-state index in [0.29, 0.717) is 26.2 Å². The van der Waals surface area contributed by atoms with Crippen LogP contribution in [0.2, 0.25) is 0 Å². The first-order valence-electron chi connectivity index (χ1n) is 5.46. The van der Waals surface area contributed by atoms with Crippen molar-refractivity contribution in [1.82, 2.24) is 10.2 Å². The summed E-state index contributed by atoms with van der Waals surface area (Å²) in [6.07, 6.45) is 0.775. The van der Waals surface area contributed by atoms with E-state index in [1.165, 1.54) is 0 Å². The normalized spacial score (nSPS) is 41.2. The summed E-state index contributed by atoms with van der Waals surface area (Å²) in [7, 11) is 0. The van der Waals surface area contributed by atoms with Gasteiger partial charge in [-0.05, 0) is 6.92 Å². The van der Waals surface area contributed by atoms with E-state index in [0.717, 1.165) is 0 Å². The Hall–Kier alpha value is -1.14. The lowest BCUT2D eigenvalue weighted by atomic mass is 9.94. The summed E-state index contributed by atoms with van der Waals surface area (Å²) in [5, 5.41) is 2.36. The van der Waals surface area contributed by atoms with Gasteiger partial charge in [0, 0.05) is 6.42 Å². The molecule has 3 rings (SSSR count). The van der Waals surface area contributed by atoms with Gasteiger partial charge in [-0.3, -0.25) is 10.1 Å². The van der Waals surface area contributed by atoms with Gasteiger partial charge in [0.05, 0.1) is 32.0 Å². The minimum absolute atomic E-state index is 0.0936. The van der Waals surface area contributed by atoms with Gasteiger partial charge < -0.3 is 14.4 Å². The van der Waals surface area contributed by atoms with E-state index >= 15 is 0 Å². The average molecular weight is 226 g/mol. The molecule has 6 nitrogen and oxygen atoms in total. The van der Waals surface area contributed by atoms with Gasteiger partial charge in [-0.25, -0.2) is 4.79 Å². The molecule has 0 radical (unpaired) electrons. The summed E-state index contributed by atoms with van der Waals surface area (Å²) in [6, 6.07) is -0.316. The van der Waals surface area contributed by atoms with Gasteiger partial charge in [0.25, 0.3) is 5.91 Å². The first-order valence-corrected chi connectivity index (χ1v) is 5.46. The molecule has 3 saturated heterocycles. The van der Waals surface area contributed by atoms with Gasteiger partial charge in [-0.2, -0.15) is 0 Å². The third-order valence-corrected chi connectivity index (χ3v) is 3.37. The number of epoxide rings is 2. The average Bonchev–Trinajstić information content (AvgIpc) is 3.07. The van der Waals surface area contributed by atoms with Crippen LogP contribution < -0.4 is 5.32 Å². The predicted molar refractivity (Wildman–Crippen MR) is 52.7 cm³/mol. The molecule has 16 heavy (non-hydrogen) atoms. The van der Waals surface area contributed by atoms with E-state index < -0.39 is 5.54 Å². The van der Waals surface area contributed by atoms with Crippen LogP contribution >= 0.6 is 0 Å². The van der Waals surface area contributed by atoms with Gasteiger partial charge in [0.15, 0.2) is 0 Å².